The van der Waals surface area contributed by atoms with Crippen molar-refractivity contribution in [3.8, 4) is 11.1 Å². The van der Waals surface area contributed by atoms with Crippen LogP contribution < -0.4 is 4.90 Å². The van der Waals surface area contributed by atoms with Gasteiger partial charge in [0.05, 0.1) is 16.8 Å². The van der Waals surface area contributed by atoms with Crippen LogP contribution in [0.15, 0.2) is 155 Å². The molecule has 3 unspecified atom stereocenters. The number of aryl methyl sites for hydroxylation is 2. The average molecular weight is 756 g/mol. The second-order valence-corrected chi connectivity index (χ2v) is 18.7. The predicted molar refractivity (Wildman–Crippen MR) is 244 cm³/mol. The van der Waals surface area contributed by atoms with Crippen LogP contribution in [0.5, 0.6) is 0 Å². The van der Waals surface area contributed by atoms with Crippen molar-refractivity contribution in [1.29, 1.82) is 0 Å². The number of rotatable bonds is 5. The maximum absolute atomic E-state index is 2.85. The molecular weight excluding hydrogens is 699 g/mol. The molecule has 0 N–H and O–H groups in total. The maximum atomic E-state index is 2.85. The molecule has 58 heavy (non-hydrogen) atoms. The molecule has 5 aromatic carbocycles. The lowest BCUT2D eigenvalue weighted by molar-refractivity contribution is 0.419. The summed E-state index contributed by atoms with van der Waals surface area (Å²) >= 11 is 0. The van der Waals surface area contributed by atoms with E-state index in [0.717, 1.165) is 6.42 Å². The zero-order chi connectivity index (χ0) is 39.1. The zero-order valence-corrected chi connectivity index (χ0v) is 35.0. The molecule has 1 heterocycles. The van der Waals surface area contributed by atoms with E-state index < -0.39 is 5.41 Å². The van der Waals surface area contributed by atoms with E-state index in [4.69, 9.17) is 0 Å². The Labute approximate surface area is 346 Å². The summed E-state index contributed by atoms with van der Waals surface area (Å²) in [6.45, 7) is 9.89. The topological polar surface area (TPSA) is 3.24 Å². The van der Waals surface area contributed by atoms with Gasteiger partial charge in [0.25, 0.3) is 0 Å². The molecule has 290 valence electrons. The molecule has 1 nitrogen and oxygen atoms in total. The highest BCUT2D eigenvalue weighted by molar-refractivity contribution is 6.00. The Morgan fingerprint density at radius 1 is 0.672 bits per heavy atom. The van der Waals surface area contributed by atoms with Crippen LogP contribution in [0.1, 0.15) is 124 Å². The van der Waals surface area contributed by atoms with Gasteiger partial charge in [-0.2, -0.15) is 0 Å². The molecule has 0 bridgehead atoms. The monoisotopic (exact) mass is 755 g/mol. The number of nitrogens with zero attached hydrogens (tertiary/aromatic N) is 1. The van der Waals surface area contributed by atoms with Crippen LogP contribution in [0.3, 0.4) is 0 Å². The van der Waals surface area contributed by atoms with Crippen LogP contribution in [0, 0.1) is 17.8 Å². The zero-order valence-electron chi connectivity index (χ0n) is 35.0. The molecule has 1 fully saturated rings. The van der Waals surface area contributed by atoms with E-state index in [1.54, 1.807) is 27.8 Å². The van der Waals surface area contributed by atoms with Crippen LogP contribution in [0.2, 0.25) is 0 Å². The van der Waals surface area contributed by atoms with E-state index in [9.17, 15) is 0 Å². The SMILES string of the molecule is CC1C=C2C(=CC1)C(c1ccccc1)(c1ccccc1)c1cc(N3C4=C(C(C)C)CC5CCCCC5=C4C(C)c4cc5c(cc43)CCCC5)c(-c3ccccc3)cc12. The predicted octanol–water partition coefficient (Wildman–Crippen LogP) is 15.0. The quantitative estimate of drug-likeness (QED) is 0.173. The summed E-state index contributed by atoms with van der Waals surface area (Å²) in [4.78, 5) is 2.85. The lowest BCUT2D eigenvalue weighted by Crippen LogP contribution is -2.35. The van der Waals surface area contributed by atoms with Crippen LogP contribution in [-0.4, -0.2) is 0 Å². The minimum Gasteiger partial charge on any atom is -0.309 e. The minimum absolute atomic E-state index is 0.375. The fraction of sp³-hybridized carbons (Fsp3) is 0.333. The van der Waals surface area contributed by atoms with Gasteiger partial charge in [-0.25, -0.2) is 0 Å². The van der Waals surface area contributed by atoms with Gasteiger partial charge in [-0.3, -0.25) is 0 Å². The third kappa shape index (κ3) is 5.34. The normalized spacial score (nSPS) is 23.0. The molecule has 0 saturated heterocycles. The summed E-state index contributed by atoms with van der Waals surface area (Å²) in [6, 6.07) is 44.9. The Morgan fingerprint density at radius 2 is 1.33 bits per heavy atom. The molecule has 3 atom stereocenters. The molecule has 1 aliphatic heterocycles. The fourth-order valence-corrected chi connectivity index (χ4v) is 12.4. The van der Waals surface area contributed by atoms with Crippen molar-refractivity contribution in [1.82, 2.24) is 0 Å². The third-order valence-electron chi connectivity index (χ3n) is 15.1. The molecule has 1 saturated carbocycles. The molecule has 5 aliphatic carbocycles. The van der Waals surface area contributed by atoms with Crippen molar-refractivity contribution in [3.05, 3.63) is 194 Å². The van der Waals surface area contributed by atoms with Gasteiger partial charge in [0.2, 0.25) is 0 Å². The standard InChI is InChI=1S/C57H57N/c1-36(2)46-32-42-22-16-17-27-45(42)55-38(4)47-31-40-20-14-15-21-41(40)33-53(47)58(56(46)55)54-35-52-50(34-48(54)39-18-8-5-9-19-39)49-30-37(3)28-29-51(49)57(52,43-23-10-6-11-24-43)44-25-12-7-13-26-44/h5-13,18-19,23-26,29-31,33-38,42H,14-17,20-22,27-28,32H2,1-4H3. The first-order chi connectivity index (χ1) is 28.4. The van der Waals surface area contributed by atoms with Gasteiger partial charge in [-0.15, -0.1) is 0 Å². The number of allylic oxidation sites excluding steroid dienone is 7. The molecule has 6 aliphatic rings. The van der Waals surface area contributed by atoms with Gasteiger partial charge in [0.15, 0.2) is 0 Å². The summed E-state index contributed by atoms with van der Waals surface area (Å²) in [5.74, 6) is 1.99. The largest absolute Gasteiger partial charge is 0.309 e. The highest BCUT2D eigenvalue weighted by Gasteiger charge is 2.50. The Morgan fingerprint density at radius 3 is 2.02 bits per heavy atom. The summed E-state index contributed by atoms with van der Waals surface area (Å²) in [6.07, 6.45) is 17.7. The number of fused-ring (bicyclic) bond motifs is 7. The van der Waals surface area contributed by atoms with E-state index >= 15 is 0 Å². The highest BCUT2D eigenvalue weighted by atomic mass is 15.2. The van der Waals surface area contributed by atoms with E-state index in [2.05, 4.69) is 160 Å². The number of hydrogen-bond donors (Lipinski definition) is 0. The first-order valence-corrected chi connectivity index (χ1v) is 22.6. The van der Waals surface area contributed by atoms with Crippen LogP contribution >= 0.6 is 0 Å². The summed E-state index contributed by atoms with van der Waals surface area (Å²) in [5, 5.41) is 0. The van der Waals surface area contributed by atoms with E-state index in [1.807, 2.05) is 0 Å². The minimum atomic E-state index is -0.437. The van der Waals surface area contributed by atoms with Crippen molar-refractivity contribution < 1.29 is 0 Å². The van der Waals surface area contributed by atoms with Gasteiger partial charge in [0, 0.05) is 17.2 Å². The maximum Gasteiger partial charge on any atom is 0.0711 e. The van der Waals surface area contributed by atoms with Gasteiger partial charge < -0.3 is 4.90 Å². The fourth-order valence-electron chi connectivity index (χ4n) is 12.4. The van der Waals surface area contributed by atoms with Gasteiger partial charge in [0.1, 0.15) is 0 Å². The second kappa shape index (κ2) is 14.0. The van der Waals surface area contributed by atoms with Gasteiger partial charge in [-0.05, 0) is 161 Å². The third-order valence-corrected chi connectivity index (χ3v) is 15.1. The van der Waals surface area contributed by atoms with Crippen LogP contribution in [-0.2, 0) is 18.3 Å². The number of anilines is 2. The molecule has 0 amide bonds. The summed E-state index contributed by atoms with van der Waals surface area (Å²) in [7, 11) is 0. The first-order valence-electron chi connectivity index (χ1n) is 22.6. The number of hydrogen-bond acceptors (Lipinski definition) is 1. The van der Waals surface area contributed by atoms with Crippen molar-refractivity contribution in [2.75, 3.05) is 4.90 Å². The molecule has 0 spiro atoms. The Hall–Kier alpha value is -5.14. The lowest BCUT2D eigenvalue weighted by Gasteiger charge is -2.48. The van der Waals surface area contributed by atoms with Crippen molar-refractivity contribution in [2.45, 2.75) is 103 Å². The molecule has 0 radical (unpaired) electrons. The Balaban J connectivity index is 1.30. The first kappa shape index (κ1) is 36.0. The molecular formula is C57H57N. The second-order valence-electron chi connectivity index (χ2n) is 18.7. The lowest BCUT2D eigenvalue weighted by atomic mass is 9.65. The number of benzene rings is 5. The molecule has 1 heteroatoms. The van der Waals surface area contributed by atoms with Crippen molar-refractivity contribution >= 4 is 16.9 Å². The highest BCUT2D eigenvalue weighted by Crippen LogP contribution is 2.63. The average Bonchev–Trinajstić information content (AvgIpc) is 3.55. The van der Waals surface area contributed by atoms with Crippen LogP contribution in [0.4, 0.5) is 11.4 Å². The molecule has 5 aromatic rings. The van der Waals surface area contributed by atoms with Crippen molar-refractivity contribution in [3.63, 3.8) is 0 Å². The summed E-state index contributed by atoms with van der Waals surface area (Å²) in [5.41, 5.74) is 24.6. The smallest absolute Gasteiger partial charge is 0.0711 e. The van der Waals surface area contributed by atoms with Gasteiger partial charge >= 0.3 is 0 Å². The van der Waals surface area contributed by atoms with Gasteiger partial charge in [-0.1, -0.05) is 149 Å². The Kier molecular flexibility index (Phi) is 8.69. The molecule has 0 aromatic heterocycles. The van der Waals surface area contributed by atoms with E-state index in [0.29, 0.717) is 23.7 Å². The summed E-state index contributed by atoms with van der Waals surface area (Å²) < 4.78 is 0. The molecule has 11 rings (SSSR count). The Bertz CT molecular complexity index is 2520. The van der Waals surface area contributed by atoms with E-state index in [1.165, 1.54) is 125 Å². The van der Waals surface area contributed by atoms with E-state index in [-0.39, 0.29) is 0 Å². The van der Waals surface area contributed by atoms with Crippen LogP contribution in [0.25, 0.3) is 16.7 Å². The van der Waals surface area contributed by atoms with Crippen molar-refractivity contribution in [2.24, 2.45) is 17.8 Å².